The predicted molar refractivity (Wildman–Crippen MR) is 111 cm³/mol. The quantitative estimate of drug-likeness (QED) is 0.469. The third-order valence-corrected chi connectivity index (χ3v) is 7.12. The van der Waals surface area contributed by atoms with Crippen LogP contribution < -0.4 is 5.32 Å². The maximum absolute atomic E-state index is 13.0. The van der Waals surface area contributed by atoms with Gasteiger partial charge in [0.05, 0.1) is 11.2 Å². The molecular weight excluding hydrogens is 469 g/mol. The number of alkyl halides is 3. The van der Waals surface area contributed by atoms with Crippen molar-refractivity contribution in [2.75, 3.05) is 18.5 Å². The highest BCUT2D eigenvalue weighted by Crippen LogP contribution is 2.39. The molecule has 0 radical (unpaired) electrons. The van der Waals surface area contributed by atoms with Crippen molar-refractivity contribution in [1.29, 1.82) is 0 Å². The van der Waals surface area contributed by atoms with Crippen LogP contribution in [0.2, 0.25) is 0 Å². The Labute approximate surface area is 177 Å². The van der Waals surface area contributed by atoms with Crippen LogP contribution in [-0.4, -0.2) is 33.6 Å². The molecule has 1 fully saturated rings. The van der Waals surface area contributed by atoms with E-state index in [1.807, 2.05) is 12.1 Å². The van der Waals surface area contributed by atoms with E-state index in [4.69, 9.17) is 4.74 Å². The summed E-state index contributed by atoms with van der Waals surface area (Å²) < 4.78 is 45.5. The monoisotopic (exact) mass is 486 g/mol. The van der Waals surface area contributed by atoms with Crippen LogP contribution in [-0.2, 0) is 10.9 Å². The van der Waals surface area contributed by atoms with Crippen LogP contribution in [0.1, 0.15) is 24.1 Å². The van der Waals surface area contributed by atoms with Crippen LogP contribution in [0.4, 0.5) is 24.7 Å². The zero-order chi connectivity index (χ0) is 20.6. The number of nitrogens with zero attached hydrogens (tertiary/aromatic N) is 2. The van der Waals surface area contributed by atoms with Crippen molar-refractivity contribution in [3.05, 3.63) is 40.1 Å². The van der Waals surface area contributed by atoms with Gasteiger partial charge in [0.2, 0.25) is 0 Å². The molecule has 0 bridgehead atoms. The largest absolute Gasteiger partial charge is 0.433 e. The molecule has 0 atom stereocenters. The molecule has 2 N–H and O–H groups in total. The molecule has 1 saturated heterocycles. The van der Waals surface area contributed by atoms with Gasteiger partial charge in [0.1, 0.15) is 5.69 Å². The number of halogens is 4. The summed E-state index contributed by atoms with van der Waals surface area (Å²) in [6, 6.07) is 5.68. The molecule has 1 aliphatic rings. The SMILES string of the molecule is Cc1c(Nc2ccnc3cc(Br)c(SC4CCOCC4)cc23)n[nH]c1C(F)(F)F. The van der Waals surface area contributed by atoms with Crippen LogP contribution in [0.3, 0.4) is 0 Å². The van der Waals surface area contributed by atoms with Crippen molar-refractivity contribution < 1.29 is 17.9 Å². The standard InChI is InChI=1S/C19H18BrF3N4OS/c1-10-17(19(21,22)23)26-27-18(10)25-14-2-5-24-15-9-13(20)16(8-12(14)15)29-11-3-6-28-7-4-11/h2,5,8-9,11H,3-4,6-7H2,1H3,(H2,24,25,26,27). The number of hydrogen-bond acceptors (Lipinski definition) is 5. The highest BCUT2D eigenvalue weighted by atomic mass is 79.9. The molecule has 1 aromatic carbocycles. The Balaban J connectivity index is 1.68. The van der Waals surface area contributed by atoms with Crippen molar-refractivity contribution in [3.63, 3.8) is 0 Å². The van der Waals surface area contributed by atoms with Crippen molar-refractivity contribution in [2.45, 2.75) is 36.1 Å². The summed E-state index contributed by atoms with van der Waals surface area (Å²) in [5, 5.41) is 10.2. The van der Waals surface area contributed by atoms with E-state index >= 15 is 0 Å². The van der Waals surface area contributed by atoms with Gasteiger partial charge in [-0.1, -0.05) is 0 Å². The summed E-state index contributed by atoms with van der Waals surface area (Å²) in [5.74, 6) is 0.145. The normalized spacial score (nSPS) is 15.8. The van der Waals surface area contributed by atoms with Crippen LogP contribution >= 0.6 is 27.7 Å². The molecule has 0 aliphatic carbocycles. The molecule has 0 spiro atoms. The number of hydrogen-bond donors (Lipinski definition) is 2. The highest BCUT2D eigenvalue weighted by molar-refractivity contribution is 9.10. The smallest absolute Gasteiger partial charge is 0.381 e. The first-order valence-corrected chi connectivity index (χ1v) is 10.7. The van der Waals surface area contributed by atoms with Gasteiger partial charge < -0.3 is 10.1 Å². The second-order valence-electron chi connectivity index (χ2n) is 6.78. The highest BCUT2D eigenvalue weighted by Gasteiger charge is 2.36. The van der Waals surface area contributed by atoms with E-state index < -0.39 is 11.9 Å². The average Bonchev–Trinajstić information content (AvgIpc) is 3.04. The van der Waals surface area contributed by atoms with Gasteiger partial charge in [0.25, 0.3) is 0 Å². The molecule has 29 heavy (non-hydrogen) atoms. The number of thioether (sulfide) groups is 1. The van der Waals surface area contributed by atoms with Crippen LogP contribution in [0.25, 0.3) is 10.9 Å². The molecule has 0 amide bonds. The number of pyridine rings is 1. The molecule has 4 rings (SSSR count). The van der Waals surface area contributed by atoms with Gasteiger partial charge in [-0.15, -0.1) is 11.8 Å². The fourth-order valence-corrected chi connectivity index (χ4v) is 5.00. The van der Waals surface area contributed by atoms with Gasteiger partial charge in [-0.05, 0) is 53.9 Å². The third-order valence-electron chi connectivity index (χ3n) is 4.80. The van der Waals surface area contributed by atoms with Gasteiger partial charge >= 0.3 is 6.18 Å². The lowest BCUT2D eigenvalue weighted by Crippen LogP contribution is -2.17. The number of aromatic nitrogens is 3. The number of rotatable bonds is 4. The lowest BCUT2D eigenvalue weighted by Gasteiger charge is -2.22. The average molecular weight is 487 g/mol. The Morgan fingerprint density at radius 1 is 1.28 bits per heavy atom. The minimum absolute atomic E-state index is 0.0244. The number of anilines is 2. The summed E-state index contributed by atoms with van der Waals surface area (Å²) in [4.78, 5) is 5.46. The van der Waals surface area contributed by atoms with Crippen molar-refractivity contribution in [1.82, 2.24) is 15.2 Å². The Hall–Kier alpha value is -1.78. The molecule has 5 nitrogen and oxygen atoms in total. The van der Waals surface area contributed by atoms with Crippen molar-refractivity contribution in [3.8, 4) is 0 Å². The number of benzene rings is 1. The van der Waals surface area contributed by atoms with Gasteiger partial charge in [-0.3, -0.25) is 10.1 Å². The molecular formula is C19H18BrF3N4OS. The molecule has 154 valence electrons. The molecule has 2 aromatic heterocycles. The van der Waals surface area contributed by atoms with E-state index in [0.29, 0.717) is 10.9 Å². The fraction of sp³-hybridized carbons (Fsp3) is 0.368. The van der Waals surface area contributed by atoms with Crippen LogP contribution in [0.5, 0.6) is 0 Å². The number of aromatic amines is 1. The lowest BCUT2D eigenvalue weighted by molar-refractivity contribution is -0.141. The minimum atomic E-state index is -4.48. The Morgan fingerprint density at radius 3 is 2.72 bits per heavy atom. The summed E-state index contributed by atoms with van der Waals surface area (Å²) in [6.45, 7) is 2.91. The molecule has 0 unspecified atom stereocenters. The van der Waals surface area contributed by atoms with E-state index in [-0.39, 0.29) is 11.4 Å². The lowest BCUT2D eigenvalue weighted by atomic mass is 10.1. The molecule has 0 saturated carbocycles. The van der Waals surface area contributed by atoms with Crippen molar-refractivity contribution in [2.24, 2.45) is 0 Å². The molecule has 1 aliphatic heterocycles. The third kappa shape index (κ3) is 4.39. The molecule has 10 heteroatoms. The summed E-state index contributed by atoms with van der Waals surface area (Å²) in [5.41, 5.74) is 0.565. The first kappa shape index (κ1) is 20.5. The predicted octanol–water partition coefficient (Wildman–Crippen LogP) is 6.06. The van der Waals surface area contributed by atoms with Gasteiger partial charge in [0, 0.05) is 45.0 Å². The van der Waals surface area contributed by atoms with E-state index in [0.717, 1.165) is 46.3 Å². The summed E-state index contributed by atoms with van der Waals surface area (Å²) >= 11 is 5.40. The van der Waals surface area contributed by atoms with E-state index in [9.17, 15) is 13.2 Å². The second-order valence-corrected chi connectivity index (χ2v) is 8.98. The van der Waals surface area contributed by atoms with Crippen molar-refractivity contribution >= 4 is 50.1 Å². The topological polar surface area (TPSA) is 62.8 Å². The summed E-state index contributed by atoms with van der Waals surface area (Å²) in [7, 11) is 0. The molecule has 3 heterocycles. The number of nitrogens with one attached hydrogen (secondary N) is 2. The molecule has 3 aromatic rings. The Bertz CT molecular complexity index is 1030. The maximum Gasteiger partial charge on any atom is 0.433 e. The van der Waals surface area contributed by atoms with Crippen LogP contribution in [0, 0.1) is 6.92 Å². The van der Waals surface area contributed by atoms with Gasteiger partial charge in [0.15, 0.2) is 5.82 Å². The summed E-state index contributed by atoms with van der Waals surface area (Å²) in [6.07, 6.45) is -0.884. The fourth-order valence-electron chi connectivity index (χ4n) is 3.24. The van der Waals surface area contributed by atoms with E-state index in [2.05, 4.69) is 36.4 Å². The van der Waals surface area contributed by atoms with Gasteiger partial charge in [-0.25, -0.2) is 0 Å². The van der Waals surface area contributed by atoms with E-state index in [1.54, 1.807) is 24.0 Å². The first-order valence-electron chi connectivity index (χ1n) is 9.05. The number of fused-ring (bicyclic) bond motifs is 1. The number of ether oxygens (including phenoxy) is 1. The first-order chi connectivity index (χ1) is 13.8. The maximum atomic E-state index is 13.0. The van der Waals surface area contributed by atoms with Gasteiger partial charge in [-0.2, -0.15) is 18.3 Å². The van der Waals surface area contributed by atoms with E-state index in [1.165, 1.54) is 6.92 Å². The second kappa shape index (κ2) is 8.16. The van der Waals surface area contributed by atoms with Crippen LogP contribution in [0.15, 0.2) is 33.8 Å². The zero-order valence-electron chi connectivity index (χ0n) is 15.4. The minimum Gasteiger partial charge on any atom is -0.381 e. The Morgan fingerprint density at radius 2 is 2.03 bits per heavy atom. The zero-order valence-corrected chi connectivity index (χ0v) is 17.8. The Kier molecular flexibility index (Phi) is 5.76. The number of H-pyrrole nitrogens is 1.